The van der Waals surface area contributed by atoms with Crippen molar-refractivity contribution in [2.75, 3.05) is 13.1 Å². The molecule has 0 unspecified atom stereocenters. The zero-order valence-electron chi connectivity index (χ0n) is 14.8. The minimum atomic E-state index is -0.260. The highest BCUT2D eigenvalue weighted by molar-refractivity contribution is 5.85. The van der Waals surface area contributed by atoms with Crippen LogP contribution in [-0.2, 0) is 10.5 Å². The fourth-order valence-corrected chi connectivity index (χ4v) is 6.92. The van der Waals surface area contributed by atoms with E-state index in [0.717, 1.165) is 13.1 Å². The zero-order chi connectivity index (χ0) is 17.3. The first kappa shape index (κ1) is 15.0. The molecule has 0 aromatic heterocycles. The Balaban J connectivity index is 1.44. The fourth-order valence-electron chi connectivity index (χ4n) is 6.92. The summed E-state index contributed by atoms with van der Waals surface area (Å²) in [6.45, 7) is 1.75. The average molecular weight is 344 g/mol. The van der Waals surface area contributed by atoms with E-state index in [1.807, 2.05) is 0 Å². The molecule has 26 heavy (non-hydrogen) atoms. The first-order chi connectivity index (χ1) is 12.8. The standard InChI is InChI=1S/C23H24N2O/c26-22-20-19-14-16(13-18(19)15-7-3-1-4-8-15)21(20)23(24-11-12-25(22)23)17-9-5-2-6-10-17/h1-10,16,18-21,24H,11-14H2/t16-,18+,19-,20+,21-,23-/m0/s1. The van der Waals surface area contributed by atoms with E-state index in [1.165, 1.54) is 24.0 Å². The molecule has 1 amide bonds. The molecule has 132 valence electrons. The Bertz CT molecular complexity index is 851. The van der Waals surface area contributed by atoms with Gasteiger partial charge < -0.3 is 4.90 Å². The minimum Gasteiger partial charge on any atom is -0.318 e. The van der Waals surface area contributed by atoms with Crippen molar-refractivity contribution in [3.63, 3.8) is 0 Å². The molecule has 2 aromatic rings. The second kappa shape index (κ2) is 5.20. The Hall–Kier alpha value is -2.13. The van der Waals surface area contributed by atoms with Gasteiger partial charge in [0.05, 0.1) is 0 Å². The van der Waals surface area contributed by atoms with E-state index < -0.39 is 0 Å². The van der Waals surface area contributed by atoms with Crippen LogP contribution in [0.5, 0.6) is 0 Å². The summed E-state index contributed by atoms with van der Waals surface area (Å²) in [5.41, 5.74) is 2.45. The van der Waals surface area contributed by atoms with Gasteiger partial charge in [0, 0.05) is 24.9 Å². The lowest BCUT2D eigenvalue weighted by atomic mass is 9.68. The maximum Gasteiger partial charge on any atom is 0.228 e. The number of hydrogen-bond acceptors (Lipinski definition) is 2. The quantitative estimate of drug-likeness (QED) is 0.906. The number of carbonyl (C=O) groups excluding carboxylic acids is 1. The summed E-state index contributed by atoms with van der Waals surface area (Å²) in [6.07, 6.45) is 2.44. The third kappa shape index (κ3) is 1.70. The molecule has 6 rings (SSSR count). The van der Waals surface area contributed by atoms with Crippen molar-refractivity contribution in [1.29, 1.82) is 0 Å². The van der Waals surface area contributed by atoms with Gasteiger partial charge in [-0.15, -0.1) is 0 Å². The fraction of sp³-hybridized carbons (Fsp3) is 0.435. The molecule has 2 saturated heterocycles. The summed E-state index contributed by atoms with van der Waals surface area (Å²) >= 11 is 0. The summed E-state index contributed by atoms with van der Waals surface area (Å²) < 4.78 is 0. The smallest absolute Gasteiger partial charge is 0.228 e. The number of rotatable bonds is 2. The van der Waals surface area contributed by atoms with E-state index in [2.05, 4.69) is 70.9 Å². The van der Waals surface area contributed by atoms with Crippen molar-refractivity contribution >= 4 is 5.91 Å². The monoisotopic (exact) mass is 344 g/mol. The van der Waals surface area contributed by atoms with Gasteiger partial charge in [0.1, 0.15) is 5.66 Å². The number of amides is 1. The van der Waals surface area contributed by atoms with Crippen molar-refractivity contribution in [3.8, 4) is 0 Å². The number of carbonyl (C=O) groups is 1. The second-order valence-corrected chi connectivity index (χ2v) is 8.51. The highest BCUT2D eigenvalue weighted by atomic mass is 16.2. The van der Waals surface area contributed by atoms with Crippen LogP contribution in [0.1, 0.15) is 29.9 Å². The van der Waals surface area contributed by atoms with Crippen molar-refractivity contribution in [1.82, 2.24) is 10.2 Å². The topological polar surface area (TPSA) is 32.3 Å². The van der Waals surface area contributed by atoms with Gasteiger partial charge in [-0.3, -0.25) is 10.1 Å². The van der Waals surface area contributed by atoms with E-state index in [4.69, 9.17) is 0 Å². The minimum absolute atomic E-state index is 0.187. The van der Waals surface area contributed by atoms with Gasteiger partial charge in [-0.1, -0.05) is 60.7 Å². The zero-order valence-corrected chi connectivity index (χ0v) is 14.8. The van der Waals surface area contributed by atoms with Gasteiger partial charge in [0.2, 0.25) is 5.91 Å². The SMILES string of the molecule is O=C1[C@@H]2[C@H]3C[C@H](C[C@@H]3c3ccccc3)[C@@H]2[C@@]2(c3ccccc3)NCCN12. The van der Waals surface area contributed by atoms with E-state index in [9.17, 15) is 4.79 Å². The predicted octanol–water partition coefficient (Wildman–Crippen LogP) is 3.34. The Labute approximate surface area is 154 Å². The van der Waals surface area contributed by atoms with Gasteiger partial charge in [-0.05, 0) is 41.7 Å². The normalized spacial score (nSPS) is 40.1. The summed E-state index contributed by atoms with van der Waals surface area (Å²) in [6, 6.07) is 21.6. The molecule has 2 saturated carbocycles. The molecule has 0 radical (unpaired) electrons. The Morgan fingerprint density at radius 2 is 1.69 bits per heavy atom. The predicted molar refractivity (Wildman–Crippen MR) is 100 cm³/mol. The van der Waals surface area contributed by atoms with E-state index in [0.29, 0.717) is 29.6 Å². The molecule has 4 fully saturated rings. The number of nitrogens with one attached hydrogen (secondary N) is 1. The van der Waals surface area contributed by atoms with Crippen LogP contribution in [0.15, 0.2) is 60.7 Å². The number of nitrogens with zero attached hydrogens (tertiary/aromatic N) is 1. The maximum atomic E-state index is 13.5. The molecule has 2 aromatic carbocycles. The van der Waals surface area contributed by atoms with Crippen molar-refractivity contribution in [2.24, 2.45) is 23.7 Å². The van der Waals surface area contributed by atoms with Crippen LogP contribution >= 0.6 is 0 Å². The molecule has 2 aliphatic heterocycles. The molecule has 1 N–H and O–H groups in total. The van der Waals surface area contributed by atoms with Crippen LogP contribution in [0, 0.1) is 23.7 Å². The lowest BCUT2D eigenvalue weighted by Crippen LogP contribution is -2.51. The molecular formula is C23H24N2O. The lowest BCUT2D eigenvalue weighted by Gasteiger charge is -2.41. The number of fused-ring (bicyclic) bond motifs is 7. The Morgan fingerprint density at radius 1 is 0.962 bits per heavy atom. The average Bonchev–Trinajstić information content (AvgIpc) is 3.44. The third-order valence-corrected chi connectivity index (χ3v) is 7.64. The molecular weight excluding hydrogens is 320 g/mol. The van der Waals surface area contributed by atoms with E-state index in [-0.39, 0.29) is 11.6 Å². The van der Waals surface area contributed by atoms with Crippen LogP contribution in [0.25, 0.3) is 0 Å². The van der Waals surface area contributed by atoms with E-state index >= 15 is 0 Å². The maximum absolute atomic E-state index is 13.5. The van der Waals surface area contributed by atoms with Crippen molar-refractivity contribution < 1.29 is 4.79 Å². The van der Waals surface area contributed by atoms with Gasteiger partial charge >= 0.3 is 0 Å². The highest BCUT2D eigenvalue weighted by Crippen LogP contribution is 2.67. The van der Waals surface area contributed by atoms with Crippen LogP contribution in [0.2, 0.25) is 0 Å². The summed E-state index contributed by atoms with van der Waals surface area (Å²) in [5, 5.41) is 3.79. The van der Waals surface area contributed by atoms with Crippen LogP contribution in [-0.4, -0.2) is 23.9 Å². The molecule has 2 aliphatic carbocycles. The Kier molecular flexibility index (Phi) is 3.00. The van der Waals surface area contributed by atoms with Crippen molar-refractivity contribution in [2.45, 2.75) is 24.4 Å². The van der Waals surface area contributed by atoms with Crippen LogP contribution < -0.4 is 5.32 Å². The summed E-state index contributed by atoms with van der Waals surface area (Å²) in [5.74, 6) is 2.70. The molecule has 3 heteroatoms. The Morgan fingerprint density at radius 3 is 2.46 bits per heavy atom. The number of benzene rings is 2. The van der Waals surface area contributed by atoms with Gasteiger partial charge in [-0.25, -0.2) is 0 Å². The van der Waals surface area contributed by atoms with Crippen LogP contribution in [0.4, 0.5) is 0 Å². The first-order valence-electron chi connectivity index (χ1n) is 9.97. The molecule has 2 bridgehead atoms. The highest BCUT2D eigenvalue weighted by Gasteiger charge is 2.70. The molecule has 6 atom stereocenters. The third-order valence-electron chi connectivity index (χ3n) is 7.64. The summed E-state index contributed by atoms with van der Waals surface area (Å²) in [4.78, 5) is 15.7. The van der Waals surface area contributed by atoms with Gasteiger partial charge in [0.15, 0.2) is 0 Å². The number of hydrogen-bond donors (Lipinski definition) is 1. The first-order valence-corrected chi connectivity index (χ1v) is 9.97. The molecule has 4 aliphatic rings. The molecule has 3 nitrogen and oxygen atoms in total. The molecule has 2 heterocycles. The molecule has 0 spiro atoms. The second-order valence-electron chi connectivity index (χ2n) is 8.51. The summed E-state index contributed by atoms with van der Waals surface area (Å²) in [7, 11) is 0. The van der Waals surface area contributed by atoms with Gasteiger partial charge in [-0.2, -0.15) is 0 Å². The van der Waals surface area contributed by atoms with Crippen molar-refractivity contribution in [3.05, 3.63) is 71.8 Å². The lowest BCUT2D eigenvalue weighted by molar-refractivity contribution is -0.134. The van der Waals surface area contributed by atoms with Gasteiger partial charge in [0.25, 0.3) is 0 Å². The van der Waals surface area contributed by atoms with Crippen LogP contribution in [0.3, 0.4) is 0 Å². The van der Waals surface area contributed by atoms with E-state index in [1.54, 1.807) is 0 Å². The largest absolute Gasteiger partial charge is 0.318 e.